The Hall–Kier alpha value is -1.63. The number of hydrogen-bond acceptors (Lipinski definition) is 3. The van der Waals surface area contributed by atoms with Gasteiger partial charge in [0.25, 0.3) is 0 Å². The maximum atomic E-state index is 12.8. The van der Waals surface area contributed by atoms with Crippen LogP contribution in [0.4, 0.5) is 19.0 Å². The second-order valence-electron chi connectivity index (χ2n) is 5.81. The standard InChI is InChI=1S/C14H16F3N3O/c15-14(16,17)10-1-4-19-11(7-10)20-9-13(8-12(20)21)2-5-18-6-3-13/h1,4,7,18H,2-3,5-6,8-9H2. The number of anilines is 1. The zero-order chi connectivity index (χ0) is 15.1. The van der Waals surface area contributed by atoms with E-state index in [9.17, 15) is 18.0 Å². The Balaban J connectivity index is 1.86. The Bertz CT molecular complexity index is 553. The number of piperidine rings is 1. The summed E-state index contributed by atoms with van der Waals surface area (Å²) in [5.74, 6) is -0.0334. The van der Waals surface area contributed by atoms with E-state index in [0.717, 1.165) is 44.3 Å². The van der Waals surface area contributed by atoms with Gasteiger partial charge in [-0.1, -0.05) is 0 Å². The first-order chi connectivity index (χ1) is 9.90. The van der Waals surface area contributed by atoms with Crippen LogP contribution in [0.15, 0.2) is 18.3 Å². The van der Waals surface area contributed by atoms with Crippen molar-refractivity contribution >= 4 is 11.7 Å². The smallest absolute Gasteiger partial charge is 0.317 e. The van der Waals surface area contributed by atoms with Crippen molar-refractivity contribution in [1.29, 1.82) is 0 Å². The zero-order valence-corrected chi connectivity index (χ0v) is 11.4. The third-order valence-electron chi connectivity index (χ3n) is 4.33. The van der Waals surface area contributed by atoms with Crippen LogP contribution in [-0.2, 0) is 11.0 Å². The van der Waals surface area contributed by atoms with Gasteiger partial charge in [-0.3, -0.25) is 9.69 Å². The van der Waals surface area contributed by atoms with Gasteiger partial charge >= 0.3 is 6.18 Å². The average molecular weight is 299 g/mol. The second-order valence-corrected chi connectivity index (χ2v) is 5.81. The lowest BCUT2D eigenvalue weighted by Gasteiger charge is -2.32. The Morgan fingerprint density at radius 2 is 2.00 bits per heavy atom. The molecule has 3 heterocycles. The van der Waals surface area contributed by atoms with Crippen molar-refractivity contribution < 1.29 is 18.0 Å². The Morgan fingerprint density at radius 3 is 2.67 bits per heavy atom. The molecule has 1 spiro atoms. The number of rotatable bonds is 1. The van der Waals surface area contributed by atoms with Gasteiger partial charge in [0.1, 0.15) is 5.82 Å². The fraction of sp³-hybridized carbons (Fsp3) is 0.571. The summed E-state index contributed by atoms with van der Waals surface area (Å²) in [4.78, 5) is 17.5. The first kappa shape index (κ1) is 14.3. The van der Waals surface area contributed by atoms with Crippen LogP contribution in [0.2, 0.25) is 0 Å². The van der Waals surface area contributed by atoms with E-state index in [4.69, 9.17) is 0 Å². The summed E-state index contributed by atoms with van der Waals surface area (Å²) in [6, 6.07) is 1.88. The van der Waals surface area contributed by atoms with Crippen LogP contribution < -0.4 is 10.2 Å². The predicted molar refractivity (Wildman–Crippen MR) is 70.7 cm³/mol. The van der Waals surface area contributed by atoms with Crippen molar-refractivity contribution in [1.82, 2.24) is 10.3 Å². The van der Waals surface area contributed by atoms with Crippen molar-refractivity contribution in [3.8, 4) is 0 Å². The summed E-state index contributed by atoms with van der Waals surface area (Å²) in [6.07, 6.45) is -1.18. The number of hydrogen-bond donors (Lipinski definition) is 1. The molecule has 0 saturated carbocycles. The lowest BCUT2D eigenvalue weighted by Crippen LogP contribution is -2.38. The number of amides is 1. The molecule has 7 heteroatoms. The Labute approximate surface area is 120 Å². The van der Waals surface area contributed by atoms with E-state index < -0.39 is 11.7 Å². The monoisotopic (exact) mass is 299 g/mol. The number of nitrogens with one attached hydrogen (secondary N) is 1. The molecular weight excluding hydrogens is 283 g/mol. The molecule has 0 unspecified atom stereocenters. The van der Waals surface area contributed by atoms with Gasteiger partial charge in [-0.15, -0.1) is 0 Å². The van der Waals surface area contributed by atoms with Gasteiger partial charge in [0, 0.05) is 19.2 Å². The molecular formula is C14H16F3N3O. The van der Waals surface area contributed by atoms with Crippen molar-refractivity contribution in [3.63, 3.8) is 0 Å². The molecule has 1 N–H and O–H groups in total. The van der Waals surface area contributed by atoms with Gasteiger partial charge in [0.05, 0.1) is 5.56 Å². The molecule has 3 rings (SSSR count). The van der Waals surface area contributed by atoms with E-state index in [0.29, 0.717) is 13.0 Å². The van der Waals surface area contributed by atoms with Crippen LogP contribution in [0.5, 0.6) is 0 Å². The highest BCUT2D eigenvalue weighted by Crippen LogP contribution is 2.41. The molecule has 1 aromatic rings. The lowest BCUT2D eigenvalue weighted by molar-refractivity contribution is -0.137. The molecule has 0 radical (unpaired) electrons. The lowest BCUT2D eigenvalue weighted by atomic mass is 9.78. The van der Waals surface area contributed by atoms with Gasteiger partial charge in [-0.25, -0.2) is 4.98 Å². The number of carbonyl (C=O) groups excluding carboxylic acids is 1. The highest BCUT2D eigenvalue weighted by molar-refractivity contribution is 5.95. The highest BCUT2D eigenvalue weighted by atomic mass is 19.4. The summed E-state index contributed by atoms with van der Waals surface area (Å²) in [7, 11) is 0. The first-order valence-electron chi connectivity index (χ1n) is 6.94. The summed E-state index contributed by atoms with van der Waals surface area (Å²) in [6.45, 7) is 2.15. The van der Waals surface area contributed by atoms with E-state index in [1.54, 1.807) is 0 Å². The molecule has 0 aromatic carbocycles. The van der Waals surface area contributed by atoms with Crippen LogP contribution in [0.25, 0.3) is 0 Å². The minimum atomic E-state index is -4.42. The van der Waals surface area contributed by atoms with Crippen LogP contribution in [0.3, 0.4) is 0 Å². The van der Waals surface area contributed by atoms with E-state index >= 15 is 0 Å². The van der Waals surface area contributed by atoms with Crippen LogP contribution >= 0.6 is 0 Å². The SMILES string of the molecule is O=C1CC2(CCNCC2)CN1c1cc(C(F)(F)F)ccn1. The molecule has 2 aliphatic heterocycles. The van der Waals surface area contributed by atoms with Crippen molar-refractivity contribution in [3.05, 3.63) is 23.9 Å². The molecule has 114 valence electrons. The molecule has 4 nitrogen and oxygen atoms in total. The van der Waals surface area contributed by atoms with E-state index in [1.165, 1.54) is 4.90 Å². The van der Waals surface area contributed by atoms with Crippen LogP contribution in [0.1, 0.15) is 24.8 Å². The maximum absolute atomic E-state index is 12.8. The predicted octanol–water partition coefficient (Wildman–Crippen LogP) is 2.21. The van der Waals surface area contributed by atoms with Crippen molar-refractivity contribution in [2.75, 3.05) is 24.5 Å². The number of aromatic nitrogens is 1. The fourth-order valence-electron chi connectivity index (χ4n) is 3.14. The average Bonchev–Trinajstić information content (AvgIpc) is 2.75. The zero-order valence-electron chi connectivity index (χ0n) is 11.4. The molecule has 1 amide bonds. The topological polar surface area (TPSA) is 45.2 Å². The maximum Gasteiger partial charge on any atom is 0.416 e. The largest absolute Gasteiger partial charge is 0.416 e. The molecule has 1 aromatic heterocycles. The molecule has 0 bridgehead atoms. The van der Waals surface area contributed by atoms with Gasteiger partial charge in [0.15, 0.2) is 0 Å². The van der Waals surface area contributed by atoms with Gasteiger partial charge < -0.3 is 5.32 Å². The molecule has 0 aliphatic carbocycles. The van der Waals surface area contributed by atoms with Gasteiger partial charge in [0.2, 0.25) is 5.91 Å². The number of pyridine rings is 1. The molecule has 2 saturated heterocycles. The summed E-state index contributed by atoms with van der Waals surface area (Å²) < 4.78 is 38.3. The van der Waals surface area contributed by atoms with Crippen molar-refractivity contribution in [2.24, 2.45) is 5.41 Å². The number of alkyl halides is 3. The van der Waals surface area contributed by atoms with Gasteiger partial charge in [-0.2, -0.15) is 13.2 Å². The minimum absolute atomic E-state index is 0.102. The highest BCUT2D eigenvalue weighted by Gasteiger charge is 2.44. The molecule has 2 aliphatic rings. The summed E-state index contributed by atoms with van der Waals surface area (Å²) in [5.41, 5.74) is -0.885. The summed E-state index contributed by atoms with van der Waals surface area (Å²) in [5, 5.41) is 3.24. The van der Waals surface area contributed by atoms with Crippen LogP contribution in [-0.4, -0.2) is 30.5 Å². The Morgan fingerprint density at radius 1 is 1.29 bits per heavy atom. The van der Waals surface area contributed by atoms with E-state index in [-0.39, 0.29) is 17.1 Å². The van der Waals surface area contributed by atoms with Crippen molar-refractivity contribution in [2.45, 2.75) is 25.4 Å². The van der Waals surface area contributed by atoms with E-state index in [2.05, 4.69) is 10.3 Å². The first-order valence-corrected chi connectivity index (χ1v) is 6.94. The Kier molecular flexibility index (Phi) is 3.39. The minimum Gasteiger partial charge on any atom is -0.317 e. The second kappa shape index (κ2) is 4.98. The molecule has 0 atom stereocenters. The molecule has 2 fully saturated rings. The third kappa shape index (κ3) is 2.74. The fourth-order valence-corrected chi connectivity index (χ4v) is 3.14. The molecule has 21 heavy (non-hydrogen) atoms. The van der Waals surface area contributed by atoms with E-state index in [1.807, 2.05) is 0 Å². The quantitative estimate of drug-likeness (QED) is 0.865. The normalized spacial score (nSPS) is 22.0. The summed E-state index contributed by atoms with van der Waals surface area (Å²) >= 11 is 0. The number of halogens is 3. The number of carbonyl (C=O) groups is 1. The third-order valence-corrected chi connectivity index (χ3v) is 4.33. The van der Waals surface area contributed by atoms with Gasteiger partial charge in [-0.05, 0) is 43.5 Å². The van der Waals surface area contributed by atoms with Crippen LogP contribution in [0, 0.1) is 5.41 Å². The number of nitrogens with zero attached hydrogens (tertiary/aromatic N) is 2.